The van der Waals surface area contributed by atoms with E-state index in [9.17, 15) is 4.79 Å². The number of nitrogens with zero attached hydrogens (tertiary/aromatic N) is 5. The molecule has 6 nitrogen and oxygen atoms in total. The van der Waals surface area contributed by atoms with E-state index in [4.69, 9.17) is 5.26 Å². The van der Waals surface area contributed by atoms with Crippen LogP contribution in [0.3, 0.4) is 0 Å². The van der Waals surface area contributed by atoms with E-state index in [0.29, 0.717) is 24.5 Å². The van der Waals surface area contributed by atoms with Crippen LogP contribution in [0.1, 0.15) is 24.2 Å². The lowest BCUT2D eigenvalue weighted by atomic mass is 9.99. The standard InChI is InChI=1S/C17H16BrN5O/c18-13-1-2-14(20-10-13)8-16(24)7-12-5-6-23(11-12)17-4-3-15(9-19)21-22-17/h1-4,10,12H,5-8,11H2/t12-/m1/s1. The highest BCUT2D eigenvalue weighted by Gasteiger charge is 2.25. The van der Waals surface area contributed by atoms with Gasteiger partial charge in [-0.1, -0.05) is 0 Å². The number of hydrogen-bond acceptors (Lipinski definition) is 6. The van der Waals surface area contributed by atoms with Gasteiger partial charge in [0.2, 0.25) is 0 Å². The number of carbonyl (C=O) groups excluding carboxylic acids is 1. The molecule has 7 heteroatoms. The van der Waals surface area contributed by atoms with Gasteiger partial charge in [0, 0.05) is 42.3 Å². The van der Waals surface area contributed by atoms with Gasteiger partial charge < -0.3 is 4.90 Å². The molecular weight excluding hydrogens is 370 g/mol. The van der Waals surface area contributed by atoms with Crippen molar-refractivity contribution in [3.05, 3.63) is 46.3 Å². The molecule has 0 N–H and O–H groups in total. The largest absolute Gasteiger partial charge is 0.355 e. The highest BCUT2D eigenvalue weighted by atomic mass is 79.9. The monoisotopic (exact) mass is 385 g/mol. The summed E-state index contributed by atoms with van der Waals surface area (Å²) in [6.07, 6.45) is 3.60. The Hall–Kier alpha value is -2.33. The number of rotatable bonds is 5. The molecule has 2 aromatic heterocycles. The molecule has 0 spiro atoms. The van der Waals surface area contributed by atoms with Gasteiger partial charge in [0.1, 0.15) is 11.9 Å². The smallest absolute Gasteiger partial charge is 0.163 e. The first-order valence-electron chi connectivity index (χ1n) is 7.75. The minimum atomic E-state index is 0.211. The molecule has 1 atom stereocenters. The highest BCUT2D eigenvalue weighted by molar-refractivity contribution is 9.10. The van der Waals surface area contributed by atoms with Crippen molar-refractivity contribution in [1.82, 2.24) is 15.2 Å². The topological polar surface area (TPSA) is 82.8 Å². The predicted molar refractivity (Wildman–Crippen MR) is 92.3 cm³/mol. The first-order chi connectivity index (χ1) is 11.6. The van der Waals surface area contributed by atoms with Crippen molar-refractivity contribution in [3.8, 4) is 6.07 Å². The Kier molecular flexibility index (Phi) is 5.16. The Bertz CT molecular complexity index is 754. The summed E-state index contributed by atoms with van der Waals surface area (Å²) >= 11 is 3.34. The summed E-state index contributed by atoms with van der Waals surface area (Å²) in [6.45, 7) is 1.65. The number of nitriles is 1. The van der Waals surface area contributed by atoms with Crippen LogP contribution in [-0.2, 0) is 11.2 Å². The molecule has 1 aliphatic heterocycles. The highest BCUT2D eigenvalue weighted by Crippen LogP contribution is 2.24. The van der Waals surface area contributed by atoms with Crippen molar-refractivity contribution in [2.45, 2.75) is 19.3 Å². The van der Waals surface area contributed by atoms with E-state index in [1.807, 2.05) is 24.3 Å². The Morgan fingerprint density at radius 3 is 2.88 bits per heavy atom. The first-order valence-corrected chi connectivity index (χ1v) is 8.54. The van der Waals surface area contributed by atoms with Gasteiger partial charge in [0.25, 0.3) is 0 Å². The summed E-state index contributed by atoms with van der Waals surface area (Å²) in [5.41, 5.74) is 1.11. The average Bonchev–Trinajstić information content (AvgIpc) is 3.05. The molecule has 2 aromatic rings. The van der Waals surface area contributed by atoms with Gasteiger partial charge in [-0.25, -0.2) is 0 Å². The van der Waals surface area contributed by atoms with E-state index in [0.717, 1.165) is 35.5 Å². The Morgan fingerprint density at radius 1 is 1.33 bits per heavy atom. The van der Waals surface area contributed by atoms with Crippen molar-refractivity contribution >= 4 is 27.5 Å². The summed E-state index contributed by atoms with van der Waals surface area (Å²) in [5, 5.41) is 16.7. The Labute approximate surface area is 148 Å². The average molecular weight is 386 g/mol. The number of Topliss-reactive ketones (excluding diaryl/α,β-unsaturated/α-hetero) is 1. The van der Waals surface area contributed by atoms with Crippen molar-refractivity contribution in [2.75, 3.05) is 18.0 Å². The molecule has 0 aromatic carbocycles. The molecule has 3 heterocycles. The van der Waals surface area contributed by atoms with Crippen LogP contribution in [0.15, 0.2) is 34.9 Å². The maximum absolute atomic E-state index is 12.2. The number of pyridine rings is 1. The number of halogens is 1. The minimum Gasteiger partial charge on any atom is -0.355 e. The fraction of sp³-hybridized carbons (Fsp3) is 0.353. The lowest BCUT2D eigenvalue weighted by Crippen LogP contribution is -2.22. The third-order valence-corrected chi connectivity index (χ3v) is 4.53. The molecule has 0 saturated carbocycles. The molecular formula is C17H16BrN5O. The third kappa shape index (κ3) is 4.15. The van der Waals surface area contributed by atoms with Crippen LogP contribution in [0, 0.1) is 17.2 Å². The summed E-state index contributed by atoms with van der Waals surface area (Å²) < 4.78 is 0.911. The summed E-state index contributed by atoms with van der Waals surface area (Å²) in [4.78, 5) is 18.6. The van der Waals surface area contributed by atoms with Crippen molar-refractivity contribution in [2.24, 2.45) is 5.92 Å². The molecule has 0 bridgehead atoms. The zero-order chi connectivity index (χ0) is 16.9. The SMILES string of the molecule is N#Cc1ccc(N2CC[C@H](CC(=O)Cc3ccc(Br)cn3)C2)nn1. The van der Waals surface area contributed by atoms with E-state index in [2.05, 4.69) is 36.0 Å². The van der Waals surface area contributed by atoms with Crippen LogP contribution in [0.25, 0.3) is 0 Å². The van der Waals surface area contributed by atoms with E-state index < -0.39 is 0 Å². The summed E-state index contributed by atoms with van der Waals surface area (Å²) in [5.74, 6) is 1.30. The zero-order valence-corrected chi connectivity index (χ0v) is 14.6. The quantitative estimate of drug-likeness (QED) is 0.786. The maximum atomic E-state index is 12.2. The van der Waals surface area contributed by atoms with Crippen LogP contribution in [0.4, 0.5) is 5.82 Å². The molecule has 122 valence electrons. The lowest BCUT2D eigenvalue weighted by molar-refractivity contribution is -0.119. The van der Waals surface area contributed by atoms with E-state index in [1.54, 1.807) is 12.3 Å². The lowest BCUT2D eigenvalue weighted by Gasteiger charge is -2.16. The number of anilines is 1. The van der Waals surface area contributed by atoms with Crippen molar-refractivity contribution in [1.29, 1.82) is 5.26 Å². The van der Waals surface area contributed by atoms with Crippen LogP contribution >= 0.6 is 15.9 Å². The summed E-state index contributed by atoms with van der Waals surface area (Å²) in [7, 11) is 0. The Morgan fingerprint density at radius 2 is 2.21 bits per heavy atom. The van der Waals surface area contributed by atoms with Crippen LogP contribution in [-0.4, -0.2) is 34.1 Å². The van der Waals surface area contributed by atoms with E-state index in [1.165, 1.54) is 0 Å². The molecule has 1 aliphatic rings. The Balaban J connectivity index is 1.52. The number of carbonyl (C=O) groups is 1. The normalized spacial score (nSPS) is 16.8. The van der Waals surface area contributed by atoms with Crippen LogP contribution in [0.5, 0.6) is 0 Å². The molecule has 0 aliphatic carbocycles. The predicted octanol–water partition coefficient (Wildman–Crippen LogP) is 2.53. The molecule has 0 amide bonds. The fourth-order valence-corrected chi connectivity index (χ4v) is 3.10. The molecule has 24 heavy (non-hydrogen) atoms. The second kappa shape index (κ2) is 7.49. The van der Waals surface area contributed by atoms with Gasteiger partial charge >= 0.3 is 0 Å². The zero-order valence-electron chi connectivity index (χ0n) is 13.0. The van der Waals surface area contributed by atoms with Gasteiger partial charge in [0.15, 0.2) is 11.5 Å². The fourth-order valence-electron chi connectivity index (χ4n) is 2.87. The molecule has 1 saturated heterocycles. The van der Waals surface area contributed by atoms with Crippen LogP contribution < -0.4 is 4.90 Å². The summed E-state index contributed by atoms with van der Waals surface area (Å²) in [6, 6.07) is 9.20. The van der Waals surface area contributed by atoms with Crippen molar-refractivity contribution in [3.63, 3.8) is 0 Å². The van der Waals surface area contributed by atoms with Crippen molar-refractivity contribution < 1.29 is 4.79 Å². The van der Waals surface area contributed by atoms with Gasteiger partial charge in [-0.3, -0.25) is 9.78 Å². The molecule has 0 unspecified atom stereocenters. The van der Waals surface area contributed by atoms with Gasteiger partial charge in [0.05, 0.1) is 0 Å². The van der Waals surface area contributed by atoms with E-state index >= 15 is 0 Å². The maximum Gasteiger partial charge on any atom is 0.163 e. The second-order valence-corrected chi connectivity index (χ2v) is 6.79. The third-order valence-electron chi connectivity index (χ3n) is 4.06. The molecule has 1 fully saturated rings. The number of ketones is 1. The first kappa shape index (κ1) is 16.5. The van der Waals surface area contributed by atoms with Gasteiger partial charge in [-0.2, -0.15) is 5.26 Å². The minimum absolute atomic E-state index is 0.211. The number of aromatic nitrogens is 3. The van der Waals surface area contributed by atoms with E-state index in [-0.39, 0.29) is 5.78 Å². The van der Waals surface area contributed by atoms with Gasteiger partial charge in [-0.05, 0) is 52.5 Å². The second-order valence-electron chi connectivity index (χ2n) is 5.88. The molecule has 0 radical (unpaired) electrons. The van der Waals surface area contributed by atoms with Gasteiger partial charge in [-0.15, -0.1) is 10.2 Å². The van der Waals surface area contributed by atoms with Crippen LogP contribution in [0.2, 0.25) is 0 Å². The molecule has 3 rings (SSSR count). The number of hydrogen-bond donors (Lipinski definition) is 0.